The molecule has 22 heavy (non-hydrogen) atoms. The molecule has 3 rings (SSSR count). The number of nitrogens with zero attached hydrogens (tertiary/aromatic N) is 1. The van der Waals surface area contributed by atoms with Crippen LogP contribution in [0.1, 0.15) is 22.8 Å². The first-order valence-electron chi connectivity index (χ1n) is 6.35. The maximum Gasteiger partial charge on any atom is 0.416 e. The van der Waals surface area contributed by atoms with Crippen LogP contribution in [0, 0.1) is 0 Å². The third-order valence-electron chi connectivity index (χ3n) is 3.41. The summed E-state index contributed by atoms with van der Waals surface area (Å²) in [5.74, 6) is 0. The second kappa shape index (κ2) is 5.30. The Bertz CT molecular complexity index is 829. The molecule has 7 heteroatoms. The Morgan fingerprint density at radius 2 is 1.95 bits per heavy atom. The van der Waals surface area contributed by atoms with Crippen molar-refractivity contribution in [3.05, 3.63) is 64.4 Å². The average Bonchev–Trinajstić information content (AvgIpc) is 2.89. The van der Waals surface area contributed by atoms with E-state index in [2.05, 4.69) is 9.97 Å². The van der Waals surface area contributed by atoms with Gasteiger partial charge in [0, 0.05) is 33.9 Å². The predicted octanol–water partition coefficient (Wildman–Crippen LogP) is 4.32. The van der Waals surface area contributed by atoms with Crippen LogP contribution < -0.4 is 0 Å². The highest BCUT2D eigenvalue weighted by Gasteiger charge is 2.36. The van der Waals surface area contributed by atoms with Gasteiger partial charge in [-0.1, -0.05) is 17.7 Å². The molecule has 114 valence electrons. The maximum atomic E-state index is 13.2. The molecule has 0 saturated heterocycles. The molecule has 0 radical (unpaired) electrons. The van der Waals surface area contributed by atoms with Crippen molar-refractivity contribution in [2.24, 2.45) is 0 Å². The highest BCUT2D eigenvalue weighted by Crippen LogP contribution is 2.41. The van der Waals surface area contributed by atoms with E-state index < -0.39 is 17.8 Å². The molecule has 1 unspecified atom stereocenters. The van der Waals surface area contributed by atoms with Gasteiger partial charge < -0.3 is 10.1 Å². The molecule has 1 aromatic carbocycles. The lowest BCUT2D eigenvalue weighted by Gasteiger charge is -2.18. The number of aliphatic hydroxyl groups is 1. The van der Waals surface area contributed by atoms with E-state index in [-0.39, 0.29) is 10.6 Å². The zero-order valence-electron chi connectivity index (χ0n) is 11.0. The standard InChI is InChI=1S/C15H10ClF3N2O/c16-11-5-1-4-10(15(17,18)19)12(11)13(22)9-7-21-14-8(9)3-2-6-20-14/h1-7,13,22H,(H,20,21). The van der Waals surface area contributed by atoms with Gasteiger partial charge in [0.15, 0.2) is 0 Å². The quantitative estimate of drug-likeness (QED) is 0.737. The Balaban J connectivity index is 2.19. The smallest absolute Gasteiger partial charge is 0.384 e. The van der Waals surface area contributed by atoms with Crippen molar-refractivity contribution in [3.63, 3.8) is 0 Å². The Hall–Kier alpha value is -2.05. The number of hydrogen-bond acceptors (Lipinski definition) is 2. The lowest BCUT2D eigenvalue weighted by Crippen LogP contribution is -2.13. The zero-order valence-corrected chi connectivity index (χ0v) is 11.8. The Labute approximate surface area is 128 Å². The molecular weight excluding hydrogens is 317 g/mol. The number of aliphatic hydroxyl groups excluding tert-OH is 1. The van der Waals surface area contributed by atoms with Crippen molar-refractivity contribution in [2.45, 2.75) is 12.3 Å². The molecule has 2 heterocycles. The molecule has 0 aliphatic carbocycles. The van der Waals surface area contributed by atoms with Crippen molar-refractivity contribution < 1.29 is 18.3 Å². The van der Waals surface area contributed by atoms with Crippen LogP contribution in [0.2, 0.25) is 5.02 Å². The molecule has 0 aliphatic rings. The van der Waals surface area contributed by atoms with E-state index in [0.29, 0.717) is 16.6 Å². The first-order chi connectivity index (χ1) is 10.4. The summed E-state index contributed by atoms with van der Waals surface area (Å²) in [7, 11) is 0. The molecule has 1 atom stereocenters. The number of alkyl halides is 3. The number of nitrogens with one attached hydrogen (secondary N) is 1. The van der Waals surface area contributed by atoms with E-state index >= 15 is 0 Å². The third kappa shape index (κ3) is 2.44. The number of rotatable bonds is 2. The third-order valence-corrected chi connectivity index (χ3v) is 3.74. The normalized spacial score (nSPS) is 13.5. The van der Waals surface area contributed by atoms with Gasteiger partial charge >= 0.3 is 6.18 Å². The lowest BCUT2D eigenvalue weighted by molar-refractivity contribution is -0.139. The summed E-state index contributed by atoms with van der Waals surface area (Å²) in [6.07, 6.45) is -3.13. The van der Waals surface area contributed by atoms with Gasteiger partial charge in [-0.2, -0.15) is 13.2 Å². The number of H-pyrrole nitrogens is 1. The largest absolute Gasteiger partial charge is 0.416 e. The molecule has 0 saturated carbocycles. The molecule has 0 bridgehead atoms. The lowest BCUT2D eigenvalue weighted by atomic mass is 9.96. The Morgan fingerprint density at radius 3 is 2.68 bits per heavy atom. The van der Waals surface area contributed by atoms with Crippen molar-refractivity contribution >= 4 is 22.6 Å². The van der Waals surface area contributed by atoms with E-state index in [1.54, 1.807) is 18.3 Å². The van der Waals surface area contributed by atoms with Crippen LogP contribution in [-0.2, 0) is 6.18 Å². The summed E-state index contributed by atoms with van der Waals surface area (Å²) < 4.78 is 39.5. The second-order valence-electron chi connectivity index (χ2n) is 4.74. The minimum absolute atomic E-state index is 0.138. The monoisotopic (exact) mass is 326 g/mol. The number of fused-ring (bicyclic) bond motifs is 1. The number of pyridine rings is 1. The number of benzene rings is 1. The van der Waals surface area contributed by atoms with Crippen molar-refractivity contribution in [2.75, 3.05) is 0 Å². The van der Waals surface area contributed by atoms with Crippen molar-refractivity contribution in [1.29, 1.82) is 0 Å². The van der Waals surface area contributed by atoms with Crippen LogP contribution >= 0.6 is 11.6 Å². The molecule has 3 aromatic rings. The molecule has 2 aromatic heterocycles. The summed E-state index contributed by atoms with van der Waals surface area (Å²) in [4.78, 5) is 6.87. The van der Waals surface area contributed by atoms with Crippen molar-refractivity contribution in [1.82, 2.24) is 9.97 Å². The highest BCUT2D eigenvalue weighted by molar-refractivity contribution is 6.31. The number of aromatic amines is 1. The number of hydrogen-bond donors (Lipinski definition) is 2. The number of aromatic nitrogens is 2. The van der Waals surface area contributed by atoms with Crippen LogP contribution in [-0.4, -0.2) is 15.1 Å². The fourth-order valence-corrected chi connectivity index (χ4v) is 2.70. The van der Waals surface area contributed by atoms with E-state index in [0.717, 1.165) is 6.07 Å². The first kappa shape index (κ1) is 14.9. The minimum Gasteiger partial charge on any atom is -0.384 e. The van der Waals surface area contributed by atoms with Crippen LogP contribution in [0.4, 0.5) is 13.2 Å². The molecular formula is C15H10ClF3N2O. The fraction of sp³-hybridized carbons (Fsp3) is 0.133. The zero-order chi connectivity index (χ0) is 15.9. The SMILES string of the molecule is OC(c1c(Cl)cccc1C(F)(F)F)c1c[nH]c2ncccc12. The Morgan fingerprint density at radius 1 is 1.18 bits per heavy atom. The second-order valence-corrected chi connectivity index (χ2v) is 5.15. The van der Waals surface area contributed by atoms with Gasteiger partial charge in [-0.3, -0.25) is 0 Å². The van der Waals surface area contributed by atoms with Gasteiger partial charge in [0.05, 0.1) is 5.56 Å². The first-order valence-corrected chi connectivity index (χ1v) is 6.73. The summed E-state index contributed by atoms with van der Waals surface area (Å²) in [5, 5.41) is 10.9. The minimum atomic E-state index is -4.61. The fourth-order valence-electron chi connectivity index (χ4n) is 2.42. The summed E-state index contributed by atoms with van der Waals surface area (Å²) in [6, 6.07) is 6.74. The summed E-state index contributed by atoms with van der Waals surface area (Å²) in [5.41, 5.74) is -0.536. The maximum absolute atomic E-state index is 13.2. The molecule has 2 N–H and O–H groups in total. The van der Waals surface area contributed by atoms with E-state index in [1.165, 1.54) is 18.3 Å². The average molecular weight is 327 g/mol. The molecule has 0 spiro atoms. The van der Waals surface area contributed by atoms with Gasteiger partial charge in [-0.25, -0.2) is 4.98 Å². The van der Waals surface area contributed by atoms with E-state index in [4.69, 9.17) is 11.6 Å². The van der Waals surface area contributed by atoms with Crippen LogP contribution in [0.3, 0.4) is 0 Å². The highest BCUT2D eigenvalue weighted by atomic mass is 35.5. The molecule has 0 fully saturated rings. The summed E-state index contributed by atoms with van der Waals surface area (Å²) in [6.45, 7) is 0. The van der Waals surface area contributed by atoms with Gasteiger partial charge in [-0.15, -0.1) is 0 Å². The van der Waals surface area contributed by atoms with E-state index in [1.807, 2.05) is 0 Å². The summed E-state index contributed by atoms with van der Waals surface area (Å²) >= 11 is 5.91. The van der Waals surface area contributed by atoms with Gasteiger partial charge in [0.1, 0.15) is 11.8 Å². The van der Waals surface area contributed by atoms with Crippen LogP contribution in [0.5, 0.6) is 0 Å². The topological polar surface area (TPSA) is 48.9 Å². The molecule has 0 amide bonds. The van der Waals surface area contributed by atoms with Crippen molar-refractivity contribution in [3.8, 4) is 0 Å². The molecule has 0 aliphatic heterocycles. The van der Waals surface area contributed by atoms with E-state index in [9.17, 15) is 18.3 Å². The number of halogens is 4. The van der Waals surface area contributed by atoms with Crippen LogP contribution in [0.15, 0.2) is 42.7 Å². The van der Waals surface area contributed by atoms with Gasteiger partial charge in [-0.05, 0) is 24.3 Å². The van der Waals surface area contributed by atoms with Gasteiger partial charge in [0.25, 0.3) is 0 Å². The Kier molecular flexibility index (Phi) is 3.58. The molecule has 3 nitrogen and oxygen atoms in total. The van der Waals surface area contributed by atoms with Crippen LogP contribution in [0.25, 0.3) is 11.0 Å². The predicted molar refractivity (Wildman–Crippen MR) is 76.6 cm³/mol. The van der Waals surface area contributed by atoms with Gasteiger partial charge in [0.2, 0.25) is 0 Å².